The zero-order valence-electron chi connectivity index (χ0n) is 12.4. The van der Waals surface area contributed by atoms with Gasteiger partial charge in [0.2, 0.25) is 5.16 Å². The smallest absolute Gasteiger partial charge is 0.210 e. The Kier molecular flexibility index (Phi) is 4.52. The molecule has 2 aromatic heterocycles. The standard InChI is InChI=1S/C15H15FN4O2S/c1-10-11(6-7-21-10)14-18-19-15(20(14)17)23-9-8-22-13-5-3-2-4-12(13)16/h2-7H,8-9,17H2,1H3. The Balaban J connectivity index is 1.58. The van der Waals surface area contributed by atoms with Crippen molar-refractivity contribution >= 4 is 11.8 Å². The van der Waals surface area contributed by atoms with Crippen LogP contribution in [-0.2, 0) is 0 Å². The second-order valence-electron chi connectivity index (χ2n) is 4.69. The van der Waals surface area contributed by atoms with Crippen molar-refractivity contribution in [3.63, 3.8) is 0 Å². The van der Waals surface area contributed by atoms with Crippen LogP contribution in [0.25, 0.3) is 11.4 Å². The summed E-state index contributed by atoms with van der Waals surface area (Å²) >= 11 is 1.38. The van der Waals surface area contributed by atoms with Gasteiger partial charge in [0.15, 0.2) is 17.4 Å². The summed E-state index contributed by atoms with van der Waals surface area (Å²) in [5.74, 6) is 7.69. The van der Waals surface area contributed by atoms with Gasteiger partial charge in [0.05, 0.1) is 18.4 Å². The summed E-state index contributed by atoms with van der Waals surface area (Å²) < 4.78 is 25.5. The molecule has 0 aliphatic carbocycles. The topological polar surface area (TPSA) is 79.1 Å². The third kappa shape index (κ3) is 3.31. The highest BCUT2D eigenvalue weighted by atomic mass is 32.2. The first-order valence-corrected chi connectivity index (χ1v) is 7.90. The molecule has 120 valence electrons. The number of thioether (sulfide) groups is 1. The molecule has 3 rings (SSSR count). The number of hydrogen-bond donors (Lipinski definition) is 1. The number of hydrogen-bond acceptors (Lipinski definition) is 6. The van der Waals surface area contributed by atoms with Crippen molar-refractivity contribution in [1.29, 1.82) is 0 Å². The van der Waals surface area contributed by atoms with Crippen LogP contribution in [0.1, 0.15) is 5.76 Å². The highest BCUT2D eigenvalue weighted by Crippen LogP contribution is 2.25. The molecule has 0 bridgehead atoms. The quantitative estimate of drug-likeness (QED) is 0.424. The number of nitrogens with two attached hydrogens (primary N) is 1. The molecule has 8 heteroatoms. The number of halogens is 1. The Labute approximate surface area is 136 Å². The van der Waals surface area contributed by atoms with Crippen molar-refractivity contribution in [2.24, 2.45) is 0 Å². The molecule has 0 aliphatic rings. The average Bonchev–Trinajstić information content (AvgIpc) is 3.11. The number of nitrogens with zero attached hydrogens (tertiary/aromatic N) is 3. The van der Waals surface area contributed by atoms with Gasteiger partial charge < -0.3 is 15.0 Å². The average molecular weight is 334 g/mol. The van der Waals surface area contributed by atoms with Crippen LogP contribution >= 0.6 is 11.8 Å². The van der Waals surface area contributed by atoms with Gasteiger partial charge in [-0.15, -0.1) is 10.2 Å². The van der Waals surface area contributed by atoms with Crippen molar-refractivity contribution in [1.82, 2.24) is 14.9 Å². The second-order valence-corrected chi connectivity index (χ2v) is 5.76. The fourth-order valence-corrected chi connectivity index (χ4v) is 2.70. The Bertz CT molecular complexity index is 802. The van der Waals surface area contributed by atoms with Gasteiger partial charge in [-0.25, -0.2) is 9.07 Å². The highest BCUT2D eigenvalue weighted by Gasteiger charge is 2.15. The van der Waals surface area contributed by atoms with Crippen LogP contribution in [0.15, 0.2) is 46.2 Å². The molecule has 23 heavy (non-hydrogen) atoms. The number of aromatic nitrogens is 3. The summed E-state index contributed by atoms with van der Waals surface area (Å²) in [5, 5.41) is 8.68. The molecule has 0 amide bonds. The summed E-state index contributed by atoms with van der Waals surface area (Å²) in [6.07, 6.45) is 1.58. The molecular weight excluding hydrogens is 319 g/mol. The van der Waals surface area contributed by atoms with Crippen LogP contribution in [0, 0.1) is 12.7 Å². The van der Waals surface area contributed by atoms with Gasteiger partial charge in [-0.05, 0) is 25.1 Å². The molecule has 1 aromatic carbocycles. The Hall–Kier alpha value is -2.48. The molecule has 0 unspecified atom stereocenters. The number of rotatable bonds is 6. The van der Waals surface area contributed by atoms with Gasteiger partial charge in [0, 0.05) is 5.75 Å². The summed E-state index contributed by atoms with van der Waals surface area (Å²) in [7, 11) is 0. The molecule has 0 fully saturated rings. The van der Waals surface area contributed by atoms with E-state index in [2.05, 4.69) is 10.2 Å². The summed E-state index contributed by atoms with van der Waals surface area (Å²) in [5.41, 5.74) is 0.800. The number of furan rings is 1. The lowest BCUT2D eigenvalue weighted by atomic mass is 10.2. The first kappa shape index (κ1) is 15.4. The van der Waals surface area contributed by atoms with Gasteiger partial charge >= 0.3 is 0 Å². The number of para-hydroxylation sites is 1. The highest BCUT2D eigenvalue weighted by molar-refractivity contribution is 7.99. The molecule has 0 aliphatic heterocycles. The summed E-state index contributed by atoms with van der Waals surface area (Å²) in [6.45, 7) is 2.16. The van der Waals surface area contributed by atoms with E-state index in [1.54, 1.807) is 30.5 Å². The normalized spacial score (nSPS) is 10.9. The van der Waals surface area contributed by atoms with E-state index in [0.29, 0.717) is 23.3 Å². The molecule has 0 radical (unpaired) electrons. The SMILES string of the molecule is Cc1occc1-c1nnc(SCCOc2ccccc2F)n1N. The van der Waals surface area contributed by atoms with E-state index < -0.39 is 0 Å². The Morgan fingerprint density at radius 1 is 1.30 bits per heavy atom. The Morgan fingerprint density at radius 3 is 2.87 bits per heavy atom. The number of aryl methyl sites for hydroxylation is 1. The van der Waals surface area contributed by atoms with Crippen LogP contribution in [0.2, 0.25) is 0 Å². The fourth-order valence-electron chi connectivity index (χ4n) is 2.02. The van der Waals surface area contributed by atoms with E-state index in [4.69, 9.17) is 15.0 Å². The van der Waals surface area contributed by atoms with Gasteiger partial charge in [0.25, 0.3) is 0 Å². The maximum absolute atomic E-state index is 13.4. The molecule has 0 atom stereocenters. The summed E-state index contributed by atoms with van der Waals surface area (Å²) in [4.78, 5) is 0. The first-order valence-electron chi connectivity index (χ1n) is 6.92. The monoisotopic (exact) mass is 334 g/mol. The first-order chi connectivity index (χ1) is 11.2. The van der Waals surface area contributed by atoms with E-state index in [0.717, 1.165) is 11.3 Å². The third-order valence-electron chi connectivity index (χ3n) is 3.17. The summed E-state index contributed by atoms with van der Waals surface area (Å²) in [6, 6.07) is 8.08. The second kappa shape index (κ2) is 6.74. The fraction of sp³-hybridized carbons (Fsp3) is 0.200. The van der Waals surface area contributed by atoms with E-state index in [9.17, 15) is 4.39 Å². The molecule has 3 aromatic rings. The largest absolute Gasteiger partial charge is 0.490 e. The maximum atomic E-state index is 13.4. The zero-order valence-corrected chi connectivity index (χ0v) is 13.2. The third-order valence-corrected chi connectivity index (χ3v) is 4.08. The van der Waals surface area contributed by atoms with Gasteiger partial charge in [-0.2, -0.15) is 0 Å². The minimum absolute atomic E-state index is 0.233. The van der Waals surface area contributed by atoms with E-state index in [-0.39, 0.29) is 11.6 Å². The van der Waals surface area contributed by atoms with Gasteiger partial charge in [0.1, 0.15) is 5.76 Å². The lowest BCUT2D eigenvalue weighted by molar-refractivity contribution is 0.325. The molecule has 0 spiro atoms. The van der Waals surface area contributed by atoms with Crippen molar-refractivity contribution in [3.05, 3.63) is 48.2 Å². The van der Waals surface area contributed by atoms with E-state index >= 15 is 0 Å². The Morgan fingerprint density at radius 2 is 2.13 bits per heavy atom. The van der Waals surface area contributed by atoms with Gasteiger partial charge in [-0.3, -0.25) is 0 Å². The van der Waals surface area contributed by atoms with Crippen molar-refractivity contribution in [2.75, 3.05) is 18.2 Å². The molecule has 2 N–H and O–H groups in total. The number of nitrogen functional groups attached to an aromatic ring is 1. The lowest BCUT2D eigenvalue weighted by Gasteiger charge is -2.06. The zero-order chi connectivity index (χ0) is 16.2. The predicted octanol–water partition coefficient (Wildman–Crippen LogP) is 2.87. The number of ether oxygens (including phenoxy) is 1. The van der Waals surface area contributed by atoms with Crippen molar-refractivity contribution in [2.45, 2.75) is 12.1 Å². The molecule has 0 saturated carbocycles. The predicted molar refractivity (Wildman–Crippen MR) is 85.2 cm³/mol. The van der Waals surface area contributed by atoms with Crippen LogP contribution < -0.4 is 10.6 Å². The van der Waals surface area contributed by atoms with Crippen LogP contribution in [0.4, 0.5) is 4.39 Å². The van der Waals surface area contributed by atoms with Crippen molar-refractivity contribution < 1.29 is 13.5 Å². The maximum Gasteiger partial charge on any atom is 0.210 e. The van der Waals surface area contributed by atoms with Crippen LogP contribution in [0.3, 0.4) is 0 Å². The minimum atomic E-state index is -0.378. The molecule has 0 saturated heterocycles. The molecule has 6 nitrogen and oxygen atoms in total. The minimum Gasteiger partial charge on any atom is -0.490 e. The van der Waals surface area contributed by atoms with E-state index in [1.807, 2.05) is 6.92 Å². The molecular formula is C15H15FN4O2S. The van der Waals surface area contributed by atoms with E-state index in [1.165, 1.54) is 22.5 Å². The van der Waals surface area contributed by atoms with Gasteiger partial charge in [-0.1, -0.05) is 23.9 Å². The molecule has 2 heterocycles. The van der Waals surface area contributed by atoms with Crippen LogP contribution in [0.5, 0.6) is 5.75 Å². The lowest BCUT2D eigenvalue weighted by Crippen LogP contribution is -2.12. The number of benzene rings is 1. The van der Waals surface area contributed by atoms with Crippen molar-refractivity contribution in [3.8, 4) is 17.1 Å². The van der Waals surface area contributed by atoms with Crippen LogP contribution in [-0.4, -0.2) is 27.2 Å².